The predicted molar refractivity (Wildman–Crippen MR) is 79.0 cm³/mol. The zero-order chi connectivity index (χ0) is 14.0. The Kier molecular flexibility index (Phi) is 3.98. The number of nitrogen functional groups attached to an aromatic ring is 1. The number of carbonyl (C=O) groups excluding carboxylic acids is 1. The summed E-state index contributed by atoms with van der Waals surface area (Å²) in [6.45, 7) is 4.50. The molecule has 1 aromatic carbocycles. The molecule has 3 unspecified atom stereocenters. The molecule has 1 amide bonds. The molecule has 0 spiro atoms. The van der Waals surface area contributed by atoms with E-state index < -0.39 is 5.91 Å². The number of anilines is 2. The van der Waals surface area contributed by atoms with Crippen molar-refractivity contribution < 1.29 is 4.79 Å². The zero-order valence-electron chi connectivity index (χ0n) is 11.6. The molecule has 0 radical (unpaired) electrons. The van der Waals surface area contributed by atoms with Gasteiger partial charge in [0, 0.05) is 6.04 Å². The summed E-state index contributed by atoms with van der Waals surface area (Å²) in [4.78, 5) is 11.5. The van der Waals surface area contributed by atoms with Crippen LogP contribution in [-0.4, -0.2) is 11.9 Å². The zero-order valence-corrected chi connectivity index (χ0v) is 11.6. The second-order valence-corrected chi connectivity index (χ2v) is 5.49. The van der Waals surface area contributed by atoms with Crippen LogP contribution in [0.15, 0.2) is 18.2 Å². The minimum atomic E-state index is -0.438. The van der Waals surface area contributed by atoms with E-state index in [1.165, 1.54) is 12.8 Å². The van der Waals surface area contributed by atoms with Crippen LogP contribution < -0.4 is 16.8 Å². The van der Waals surface area contributed by atoms with Crippen molar-refractivity contribution in [3.05, 3.63) is 23.8 Å². The van der Waals surface area contributed by atoms with Gasteiger partial charge in [-0.15, -0.1) is 0 Å². The minimum absolute atomic E-state index is 0.368. The molecule has 2 rings (SSSR count). The SMILES string of the molecule is CCC1CCC(Nc2c(N)cccc2C(N)=O)C1C. The predicted octanol–water partition coefficient (Wildman–Crippen LogP) is 2.60. The van der Waals surface area contributed by atoms with Gasteiger partial charge in [-0.3, -0.25) is 4.79 Å². The first-order chi connectivity index (χ1) is 9.04. The van der Waals surface area contributed by atoms with Crippen LogP contribution in [0.25, 0.3) is 0 Å². The third kappa shape index (κ3) is 2.67. The van der Waals surface area contributed by atoms with Crippen molar-refractivity contribution in [2.24, 2.45) is 17.6 Å². The summed E-state index contributed by atoms with van der Waals surface area (Å²) >= 11 is 0. The highest BCUT2D eigenvalue weighted by Gasteiger charge is 2.32. The molecule has 4 heteroatoms. The van der Waals surface area contributed by atoms with Gasteiger partial charge in [0.1, 0.15) is 0 Å². The fraction of sp³-hybridized carbons (Fsp3) is 0.533. The minimum Gasteiger partial charge on any atom is -0.397 e. The van der Waals surface area contributed by atoms with Gasteiger partial charge in [-0.2, -0.15) is 0 Å². The molecule has 0 bridgehead atoms. The Hall–Kier alpha value is -1.71. The summed E-state index contributed by atoms with van der Waals surface area (Å²) < 4.78 is 0. The number of rotatable bonds is 4. The van der Waals surface area contributed by atoms with Gasteiger partial charge in [0.2, 0.25) is 0 Å². The molecule has 4 nitrogen and oxygen atoms in total. The molecule has 5 N–H and O–H groups in total. The number of nitrogens with one attached hydrogen (secondary N) is 1. The summed E-state index contributed by atoms with van der Waals surface area (Å²) in [5.41, 5.74) is 13.2. The smallest absolute Gasteiger partial charge is 0.250 e. The first-order valence-electron chi connectivity index (χ1n) is 6.99. The van der Waals surface area contributed by atoms with Crippen LogP contribution in [-0.2, 0) is 0 Å². The van der Waals surface area contributed by atoms with E-state index in [1.54, 1.807) is 18.2 Å². The number of amides is 1. The van der Waals surface area contributed by atoms with E-state index in [0.29, 0.717) is 28.9 Å². The number of nitrogens with two attached hydrogens (primary N) is 2. The lowest BCUT2D eigenvalue weighted by Gasteiger charge is -2.24. The lowest BCUT2D eigenvalue weighted by atomic mass is 9.93. The van der Waals surface area contributed by atoms with E-state index in [0.717, 1.165) is 12.3 Å². The third-order valence-electron chi connectivity index (χ3n) is 4.44. The Bertz CT molecular complexity index is 472. The van der Waals surface area contributed by atoms with E-state index in [4.69, 9.17) is 11.5 Å². The molecule has 3 atom stereocenters. The van der Waals surface area contributed by atoms with E-state index in [9.17, 15) is 4.79 Å². The lowest BCUT2D eigenvalue weighted by molar-refractivity contribution is 0.100. The van der Waals surface area contributed by atoms with Crippen molar-refractivity contribution in [1.82, 2.24) is 0 Å². The molecule has 0 aromatic heterocycles. The maximum Gasteiger partial charge on any atom is 0.250 e. The molecular weight excluding hydrogens is 238 g/mol. The second kappa shape index (κ2) is 5.51. The fourth-order valence-corrected chi connectivity index (χ4v) is 3.15. The van der Waals surface area contributed by atoms with Gasteiger partial charge in [0.15, 0.2) is 0 Å². The normalized spacial score (nSPS) is 26.3. The number of primary amides is 1. The number of benzene rings is 1. The van der Waals surface area contributed by atoms with Crippen molar-refractivity contribution in [1.29, 1.82) is 0 Å². The highest BCUT2D eigenvalue weighted by molar-refractivity contribution is 6.01. The van der Waals surface area contributed by atoms with Gasteiger partial charge in [-0.05, 0) is 36.8 Å². The summed E-state index contributed by atoms with van der Waals surface area (Å²) in [7, 11) is 0. The van der Waals surface area contributed by atoms with Crippen LogP contribution >= 0.6 is 0 Å². The van der Waals surface area contributed by atoms with Crippen molar-refractivity contribution in [3.63, 3.8) is 0 Å². The Morgan fingerprint density at radius 1 is 1.42 bits per heavy atom. The largest absolute Gasteiger partial charge is 0.397 e. The number of hydrogen-bond donors (Lipinski definition) is 3. The van der Waals surface area contributed by atoms with Crippen LogP contribution in [0.1, 0.15) is 43.5 Å². The van der Waals surface area contributed by atoms with E-state index in [1.807, 2.05) is 0 Å². The second-order valence-electron chi connectivity index (χ2n) is 5.49. The fourth-order valence-electron chi connectivity index (χ4n) is 3.15. The molecule has 0 aliphatic heterocycles. The number of hydrogen-bond acceptors (Lipinski definition) is 3. The van der Waals surface area contributed by atoms with Crippen molar-refractivity contribution in [2.45, 2.75) is 39.2 Å². The first-order valence-corrected chi connectivity index (χ1v) is 6.99. The standard InChI is InChI=1S/C15H23N3O/c1-3-10-7-8-13(9(10)2)18-14-11(15(17)19)5-4-6-12(14)16/h4-6,9-10,13,18H,3,7-8,16H2,1-2H3,(H2,17,19). The number of para-hydroxylation sites is 1. The first kappa shape index (κ1) is 13.7. The van der Waals surface area contributed by atoms with Crippen molar-refractivity contribution >= 4 is 17.3 Å². The summed E-state index contributed by atoms with van der Waals surface area (Å²) in [6, 6.07) is 5.64. The Morgan fingerprint density at radius 2 is 2.16 bits per heavy atom. The third-order valence-corrected chi connectivity index (χ3v) is 4.44. The van der Waals surface area contributed by atoms with Gasteiger partial charge >= 0.3 is 0 Å². The topological polar surface area (TPSA) is 81.1 Å². The highest BCUT2D eigenvalue weighted by atomic mass is 16.1. The van der Waals surface area contributed by atoms with E-state index in [2.05, 4.69) is 19.2 Å². The monoisotopic (exact) mass is 261 g/mol. The van der Waals surface area contributed by atoms with E-state index >= 15 is 0 Å². The Balaban J connectivity index is 2.22. The van der Waals surface area contributed by atoms with Gasteiger partial charge in [-0.1, -0.05) is 26.3 Å². The van der Waals surface area contributed by atoms with E-state index in [-0.39, 0.29) is 0 Å². The molecule has 1 fully saturated rings. The molecule has 1 aromatic rings. The van der Waals surface area contributed by atoms with Crippen molar-refractivity contribution in [3.8, 4) is 0 Å². The summed E-state index contributed by atoms with van der Waals surface area (Å²) in [5, 5.41) is 3.45. The van der Waals surface area contributed by atoms with Crippen LogP contribution in [0.2, 0.25) is 0 Å². The van der Waals surface area contributed by atoms with Crippen LogP contribution in [0.3, 0.4) is 0 Å². The molecule has 0 heterocycles. The molecule has 104 valence electrons. The summed E-state index contributed by atoms with van der Waals surface area (Å²) in [5.74, 6) is 0.900. The maximum atomic E-state index is 11.5. The average Bonchev–Trinajstić information content (AvgIpc) is 2.72. The van der Waals surface area contributed by atoms with Gasteiger partial charge in [-0.25, -0.2) is 0 Å². The molecule has 0 saturated heterocycles. The van der Waals surface area contributed by atoms with Crippen LogP contribution in [0.4, 0.5) is 11.4 Å². The molecular formula is C15H23N3O. The molecule has 19 heavy (non-hydrogen) atoms. The molecule has 1 aliphatic rings. The van der Waals surface area contributed by atoms with Crippen LogP contribution in [0, 0.1) is 11.8 Å². The Labute approximate surface area is 114 Å². The highest BCUT2D eigenvalue weighted by Crippen LogP contribution is 2.37. The Morgan fingerprint density at radius 3 is 2.74 bits per heavy atom. The molecule has 1 aliphatic carbocycles. The van der Waals surface area contributed by atoms with Gasteiger partial charge < -0.3 is 16.8 Å². The van der Waals surface area contributed by atoms with Crippen molar-refractivity contribution in [2.75, 3.05) is 11.1 Å². The van der Waals surface area contributed by atoms with Crippen LogP contribution in [0.5, 0.6) is 0 Å². The number of carbonyl (C=O) groups is 1. The van der Waals surface area contributed by atoms with Gasteiger partial charge in [0.25, 0.3) is 5.91 Å². The average molecular weight is 261 g/mol. The lowest BCUT2D eigenvalue weighted by Crippen LogP contribution is -2.27. The summed E-state index contributed by atoms with van der Waals surface area (Å²) in [6.07, 6.45) is 3.55. The molecule has 1 saturated carbocycles. The quantitative estimate of drug-likeness (QED) is 0.729. The van der Waals surface area contributed by atoms with Gasteiger partial charge in [0.05, 0.1) is 16.9 Å². The maximum absolute atomic E-state index is 11.5.